The zero-order valence-corrected chi connectivity index (χ0v) is 15.1. The van der Waals surface area contributed by atoms with Gasteiger partial charge < -0.3 is 22.1 Å². The Labute approximate surface area is 156 Å². The van der Waals surface area contributed by atoms with Crippen molar-refractivity contribution < 1.29 is 13.6 Å². The number of carbonyl (C=O) groups excluding carboxylic acids is 1. The van der Waals surface area contributed by atoms with Gasteiger partial charge in [0.2, 0.25) is 0 Å². The Morgan fingerprint density at radius 3 is 2.56 bits per heavy atom. The molecular weight excluding hydrogens is 352 g/mol. The van der Waals surface area contributed by atoms with Crippen LogP contribution >= 0.6 is 0 Å². The van der Waals surface area contributed by atoms with Crippen LogP contribution in [0.3, 0.4) is 0 Å². The maximum absolute atomic E-state index is 14.5. The number of primary amides is 1. The van der Waals surface area contributed by atoms with E-state index in [9.17, 15) is 13.6 Å². The van der Waals surface area contributed by atoms with Crippen molar-refractivity contribution in [3.8, 4) is 0 Å². The molecule has 0 radical (unpaired) electrons. The molecule has 6 N–H and O–H groups in total. The first-order chi connectivity index (χ1) is 12.8. The number of aromatic nitrogens is 1. The van der Waals surface area contributed by atoms with Crippen LogP contribution in [0.5, 0.6) is 0 Å². The monoisotopic (exact) mass is 375 g/mol. The van der Waals surface area contributed by atoms with Gasteiger partial charge in [-0.2, -0.15) is 0 Å². The minimum atomic E-state index is -0.835. The number of hydrogen-bond donors (Lipinski definition) is 4. The number of rotatable bonds is 5. The van der Waals surface area contributed by atoms with Gasteiger partial charge in [-0.25, -0.2) is 13.8 Å². The molecule has 8 heteroatoms. The van der Waals surface area contributed by atoms with Crippen molar-refractivity contribution in [2.75, 3.05) is 10.6 Å². The Balaban J connectivity index is 1.94. The van der Waals surface area contributed by atoms with Gasteiger partial charge in [-0.15, -0.1) is 0 Å². The van der Waals surface area contributed by atoms with Crippen molar-refractivity contribution >= 4 is 23.2 Å². The fraction of sp³-hybridized carbons (Fsp3) is 0.368. The maximum atomic E-state index is 14.5. The summed E-state index contributed by atoms with van der Waals surface area (Å²) in [6.07, 6.45) is 3.71. The van der Waals surface area contributed by atoms with Gasteiger partial charge in [-0.3, -0.25) is 4.79 Å². The van der Waals surface area contributed by atoms with Gasteiger partial charge in [-0.1, -0.05) is 12.8 Å². The summed E-state index contributed by atoms with van der Waals surface area (Å²) >= 11 is 0. The molecule has 0 spiro atoms. The number of benzene rings is 1. The zero-order chi connectivity index (χ0) is 19.6. The van der Waals surface area contributed by atoms with E-state index in [1.807, 2.05) is 0 Å². The SMILES string of the molecule is Cc1cc(F)cc(Nc2nc(NC3CCCCC3N)c(F)cc2C(N)=O)c1. The maximum Gasteiger partial charge on any atom is 0.252 e. The third-order valence-corrected chi connectivity index (χ3v) is 4.69. The van der Waals surface area contributed by atoms with E-state index in [2.05, 4.69) is 15.6 Å². The molecule has 1 heterocycles. The van der Waals surface area contributed by atoms with Gasteiger partial charge in [0.1, 0.15) is 11.6 Å². The lowest BCUT2D eigenvalue weighted by Crippen LogP contribution is -2.43. The Morgan fingerprint density at radius 1 is 1.15 bits per heavy atom. The molecule has 1 fully saturated rings. The average molecular weight is 375 g/mol. The van der Waals surface area contributed by atoms with Gasteiger partial charge in [-0.05, 0) is 49.6 Å². The molecule has 0 aliphatic heterocycles. The summed E-state index contributed by atoms with van der Waals surface area (Å²) in [6.45, 7) is 1.73. The van der Waals surface area contributed by atoms with E-state index in [0.717, 1.165) is 31.7 Å². The first-order valence-electron chi connectivity index (χ1n) is 8.90. The van der Waals surface area contributed by atoms with Crippen molar-refractivity contribution in [2.45, 2.75) is 44.7 Å². The van der Waals surface area contributed by atoms with Crippen molar-refractivity contribution in [3.63, 3.8) is 0 Å². The number of hydrogen-bond acceptors (Lipinski definition) is 5. The van der Waals surface area contributed by atoms with Crippen LogP contribution in [0.15, 0.2) is 24.3 Å². The van der Waals surface area contributed by atoms with Crippen LogP contribution in [0.1, 0.15) is 41.6 Å². The van der Waals surface area contributed by atoms with E-state index < -0.39 is 17.5 Å². The van der Waals surface area contributed by atoms with Crippen LogP contribution in [0, 0.1) is 18.6 Å². The number of nitrogens with zero attached hydrogens (tertiary/aromatic N) is 1. The summed E-state index contributed by atoms with van der Waals surface area (Å²) in [4.78, 5) is 15.9. The van der Waals surface area contributed by atoms with Gasteiger partial charge in [0.15, 0.2) is 11.6 Å². The van der Waals surface area contributed by atoms with E-state index in [1.165, 1.54) is 12.1 Å². The number of halogens is 2. The van der Waals surface area contributed by atoms with E-state index in [4.69, 9.17) is 11.5 Å². The third kappa shape index (κ3) is 4.51. The van der Waals surface area contributed by atoms with E-state index in [-0.39, 0.29) is 29.3 Å². The molecule has 1 saturated carbocycles. The number of pyridine rings is 1. The Hall–Kier alpha value is -2.74. The van der Waals surface area contributed by atoms with Crippen molar-refractivity contribution in [2.24, 2.45) is 11.5 Å². The molecule has 1 aliphatic carbocycles. The first-order valence-corrected chi connectivity index (χ1v) is 8.90. The quantitative estimate of drug-likeness (QED) is 0.642. The summed E-state index contributed by atoms with van der Waals surface area (Å²) < 4.78 is 28.1. The molecular formula is C19H23F2N5O. The number of anilines is 3. The number of carbonyl (C=O) groups is 1. The standard InChI is InChI=1S/C19H23F2N5O/c1-10-6-11(20)8-12(7-10)24-18-13(17(23)27)9-14(21)19(26-18)25-16-5-3-2-4-15(16)22/h6-9,15-16H,2-5,22H2,1H3,(H2,23,27)(H2,24,25,26). The summed E-state index contributed by atoms with van der Waals surface area (Å²) in [5, 5.41) is 5.90. The topological polar surface area (TPSA) is 106 Å². The zero-order valence-electron chi connectivity index (χ0n) is 15.1. The minimum absolute atomic E-state index is 0.0158. The molecule has 27 heavy (non-hydrogen) atoms. The lowest BCUT2D eigenvalue weighted by molar-refractivity contribution is 0.100. The predicted octanol–water partition coefficient (Wildman–Crippen LogP) is 3.19. The van der Waals surface area contributed by atoms with Crippen LogP contribution in [-0.2, 0) is 0 Å². The van der Waals surface area contributed by atoms with Crippen molar-refractivity contribution in [1.82, 2.24) is 4.98 Å². The van der Waals surface area contributed by atoms with Crippen LogP contribution in [0.25, 0.3) is 0 Å². The number of nitrogens with two attached hydrogens (primary N) is 2. The Bertz CT molecular complexity index is 838. The summed E-state index contributed by atoms with van der Waals surface area (Å²) in [5.74, 6) is -1.92. The molecule has 1 aromatic carbocycles. The van der Waals surface area contributed by atoms with Gasteiger partial charge in [0, 0.05) is 17.8 Å². The number of aryl methyl sites for hydroxylation is 1. The molecule has 144 valence electrons. The normalized spacial score (nSPS) is 19.6. The molecule has 2 unspecified atom stereocenters. The van der Waals surface area contributed by atoms with Gasteiger partial charge >= 0.3 is 0 Å². The van der Waals surface area contributed by atoms with E-state index >= 15 is 0 Å². The smallest absolute Gasteiger partial charge is 0.252 e. The number of nitrogens with one attached hydrogen (secondary N) is 2. The first kappa shape index (κ1) is 19.0. The molecule has 0 saturated heterocycles. The highest BCUT2D eigenvalue weighted by Gasteiger charge is 2.24. The van der Waals surface area contributed by atoms with Crippen LogP contribution in [-0.4, -0.2) is 23.0 Å². The Morgan fingerprint density at radius 2 is 1.89 bits per heavy atom. The van der Waals surface area contributed by atoms with Gasteiger partial charge in [0.05, 0.1) is 5.56 Å². The largest absolute Gasteiger partial charge is 0.365 e. The second-order valence-electron chi connectivity index (χ2n) is 6.92. The fourth-order valence-corrected chi connectivity index (χ4v) is 3.33. The molecule has 0 bridgehead atoms. The highest BCUT2D eigenvalue weighted by atomic mass is 19.1. The highest BCUT2D eigenvalue weighted by molar-refractivity contribution is 5.98. The van der Waals surface area contributed by atoms with Crippen LogP contribution < -0.4 is 22.1 Å². The molecule has 1 aliphatic rings. The molecule has 2 aromatic rings. The Kier molecular flexibility index (Phi) is 5.55. The molecule has 6 nitrogen and oxygen atoms in total. The fourth-order valence-electron chi connectivity index (χ4n) is 3.33. The summed E-state index contributed by atoms with van der Waals surface area (Å²) in [7, 11) is 0. The second kappa shape index (κ2) is 7.87. The molecule has 3 rings (SSSR count). The van der Waals surface area contributed by atoms with Gasteiger partial charge in [0.25, 0.3) is 5.91 Å². The van der Waals surface area contributed by atoms with Crippen LogP contribution in [0.2, 0.25) is 0 Å². The van der Waals surface area contributed by atoms with Crippen molar-refractivity contribution in [3.05, 3.63) is 47.0 Å². The minimum Gasteiger partial charge on any atom is -0.365 e. The van der Waals surface area contributed by atoms with E-state index in [1.54, 1.807) is 13.0 Å². The second-order valence-corrected chi connectivity index (χ2v) is 6.92. The molecule has 1 aromatic heterocycles. The lowest BCUT2D eigenvalue weighted by Gasteiger charge is -2.30. The van der Waals surface area contributed by atoms with Crippen molar-refractivity contribution in [1.29, 1.82) is 0 Å². The lowest BCUT2D eigenvalue weighted by atomic mass is 9.91. The number of amides is 1. The highest BCUT2D eigenvalue weighted by Crippen LogP contribution is 2.27. The van der Waals surface area contributed by atoms with E-state index in [0.29, 0.717) is 11.3 Å². The molecule has 2 atom stereocenters. The summed E-state index contributed by atoms with van der Waals surface area (Å²) in [6, 6.07) is 5.13. The average Bonchev–Trinajstić information content (AvgIpc) is 2.58. The van der Waals surface area contributed by atoms with Crippen LogP contribution in [0.4, 0.5) is 26.1 Å². The summed E-state index contributed by atoms with van der Waals surface area (Å²) in [5.41, 5.74) is 12.4. The molecule has 1 amide bonds. The third-order valence-electron chi connectivity index (χ3n) is 4.69. The predicted molar refractivity (Wildman–Crippen MR) is 101 cm³/mol.